The minimum absolute atomic E-state index is 0.0000154. The first-order valence-corrected chi connectivity index (χ1v) is 4.62. The number of Topliss-reactive ketones (excluding diaryl/α,β-unsaturated/α-hetero) is 1. The van der Waals surface area contributed by atoms with Crippen molar-refractivity contribution < 1.29 is 18.3 Å². The molecule has 0 aliphatic carbocycles. The van der Waals surface area contributed by atoms with Crippen LogP contribution in [0.3, 0.4) is 0 Å². The average molecular weight is 255 g/mol. The summed E-state index contributed by atoms with van der Waals surface area (Å²) in [6.07, 6.45) is 0. The Morgan fingerprint density at radius 1 is 1.40 bits per heavy atom. The van der Waals surface area contributed by atoms with E-state index in [9.17, 15) is 13.6 Å². The van der Waals surface area contributed by atoms with Gasteiger partial charge in [-0.3, -0.25) is 4.79 Å². The lowest BCUT2D eigenvalue weighted by atomic mass is 10.1. The molecule has 2 nitrogen and oxygen atoms in total. The van der Waals surface area contributed by atoms with Crippen LogP contribution in [0.15, 0.2) is 12.1 Å². The predicted octanol–water partition coefficient (Wildman–Crippen LogP) is 3.80. The molecule has 1 aromatic rings. The van der Waals surface area contributed by atoms with Crippen molar-refractivity contribution in [2.45, 2.75) is 13.5 Å². The van der Waals surface area contributed by atoms with E-state index in [0.29, 0.717) is 0 Å². The van der Waals surface area contributed by atoms with Gasteiger partial charge in [-0.05, 0) is 13.0 Å². The molecule has 0 aromatic heterocycles. The lowest BCUT2D eigenvalue weighted by Crippen LogP contribution is -2.03. The summed E-state index contributed by atoms with van der Waals surface area (Å²) in [5.41, 5.74) is 0.0554. The van der Waals surface area contributed by atoms with Crippen molar-refractivity contribution in [3.8, 4) is 5.75 Å². The molecule has 0 amide bonds. The van der Waals surface area contributed by atoms with E-state index in [-0.39, 0.29) is 27.1 Å². The number of carbonyl (C=O) groups is 1. The Labute approximate surface area is 94.7 Å². The van der Waals surface area contributed by atoms with Gasteiger partial charge in [0.2, 0.25) is 0 Å². The Bertz CT molecular complexity index is 394. The smallest absolute Gasteiger partial charge is 0.387 e. The number of hydrogen-bond acceptors (Lipinski definition) is 2. The van der Waals surface area contributed by atoms with Crippen molar-refractivity contribution in [1.82, 2.24) is 0 Å². The zero-order chi connectivity index (χ0) is 11.6. The lowest BCUT2D eigenvalue weighted by molar-refractivity contribution is -0.0498. The molecule has 1 rings (SSSR count). The van der Waals surface area contributed by atoms with Crippen LogP contribution in [0.1, 0.15) is 17.3 Å². The normalized spacial score (nSPS) is 10.5. The number of benzene rings is 1. The van der Waals surface area contributed by atoms with Crippen LogP contribution in [0.2, 0.25) is 10.0 Å². The number of alkyl halides is 2. The van der Waals surface area contributed by atoms with Crippen LogP contribution in [0.5, 0.6) is 5.75 Å². The van der Waals surface area contributed by atoms with E-state index in [1.54, 1.807) is 0 Å². The second-order valence-corrected chi connectivity index (χ2v) is 3.49. The molecule has 0 N–H and O–H groups in total. The van der Waals surface area contributed by atoms with Gasteiger partial charge in [-0.2, -0.15) is 8.78 Å². The van der Waals surface area contributed by atoms with Crippen molar-refractivity contribution in [3.63, 3.8) is 0 Å². The summed E-state index contributed by atoms with van der Waals surface area (Å²) in [5, 5.41) is 0.0331. The largest absolute Gasteiger partial charge is 0.435 e. The third-order valence-electron chi connectivity index (χ3n) is 1.61. The average Bonchev–Trinajstić information content (AvgIpc) is 2.09. The third-order valence-corrected chi connectivity index (χ3v) is 2.41. The van der Waals surface area contributed by atoms with Gasteiger partial charge < -0.3 is 4.74 Å². The molecule has 0 fully saturated rings. The molecule has 0 radical (unpaired) electrons. The number of carbonyl (C=O) groups excluding carboxylic acids is 1. The third kappa shape index (κ3) is 3.04. The van der Waals surface area contributed by atoms with Gasteiger partial charge in [0.05, 0.1) is 10.0 Å². The van der Waals surface area contributed by atoms with Crippen LogP contribution in [0, 0.1) is 0 Å². The van der Waals surface area contributed by atoms with Crippen molar-refractivity contribution >= 4 is 29.0 Å². The van der Waals surface area contributed by atoms with Gasteiger partial charge in [-0.25, -0.2) is 0 Å². The maximum atomic E-state index is 11.9. The van der Waals surface area contributed by atoms with E-state index >= 15 is 0 Å². The van der Waals surface area contributed by atoms with E-state index in [1.807, 2.05) is 0 Å². The summed E-state index contributed by atoms with van der Waals surface area (Å²) >= 11 is 11.3. The zero-order valence-electron chi connectivity index (χ0n) is 7.56. The first-order valence-electron chi connectivity index (χ1n) is 3.86. The van der Waals surface area contributed by atoms with Crippen molar-refractivity contribution in [2.24, 2.45) is 0 Å². The molecule has 0 aliphatic heterocycles. The summed E-state index contributed by atoms with van der Waals surface area (Å²) in [5.74, 6) is -0.564. The highest BCUT2D eigenvalue weighted by molar-refractivity contribution is 6.44. The SMILES string of the molecule is CC(=O)c1cc(OC(F)F)cc(Cl)c1Cl. The van der Waals surface area contributed by atoms with E-state index in [2.05, 4.69) is 4.74 Å². The van der Waals surface area contributed by atoms with E-state index in [4.69, 9.17) is 23.2 Å². The van der Waals surface area contributed by atoms with Gasteiger partial charge >= 0.3 is 6.61 Å². The Hall–Kier alpha value is -0.870. The fourth-order valence-electron chi connectivity index (χ4n) is 0.991. The Morgan fingerprint density at radius 2 is 2.00 bits per heavy atom. The summed E-state index contributed by atoms with van der Waals surface area (Å²) in [6.45, 7) is -1.72. The van der Waals surface area contributed by atoms with Gasteiger partial charge in [0.15, 0.2) is 5.78 Å². The Morgan fingerprint density at radius 3 is 2.47 bits per heavy atom. The quantitative estimate of drug-likeness (QED) is 0.768. The van der Waals surface area contributed by atoms with Crippen LogP contribution in [-0.2, 0) is 0 Å². The van der Waals surface area contributed by atoms with Crippen LogP contribution in [0.4, 0.5) is 8.78 Å². The minimum atomic E-state index is -2.97. The summed E-state index contributed by atoms with van der Waals surface area (Å²) in [7, 11) is 0. The van der Waals surface area contributed by atoms with Gasteiger partial charge in [-0.1, -0.05) is 23.2 Å². The molecule has 0 spiro atoms. The lowest BCUT2D eigenvalue weighted by Gasteiger charge is -2.08. The predicted molar refractivity (Wildman–Crippen MR) is 53.1 cm³/mol. The van der Waals surface area contributed by atoms with Crippen molar-refractivity contribution in [1.29, 1.82) is 0 Å². The molecule has 1 aromatic carbocycles. The van der Waals surface area contributed by atoms with Crippen LogP contribution in [0.25, 0.3) is 0 Å². The maximum absolute atomic E-state index is 11.9. The summed E-state index contributed by atoms with van der Waals surface area (Å²) in [6, 6.07) is 2.26. The van der Waals surface area contributed by atoms with Crippen LogP contribution < -0.4 is 4.74 Å². The van der Waals surface area contributed by atoms with Gasteiger partial charge in [0, 0.05) is 11.6 Å². The van der Waals surface area contributed by atoms with E-state index in [0.717, 1.165) is 12.1 Å². The molecule has 0 heterocycles. The molecule has 0 aliphatic rings. The van der Waals surface area contributed by atoms with Crippen LogP contribution >= 0.6 is 23.2 Å². The Kier molecular flexibility index (Phi) is 3.88. The van der Waals surface area contributed by atoms with Gasteiger partial charge in [0.1, 0.15) is 5.75 Å². The van der Waals surface area contributed by atoms with Crippen molar-refractivity contribution in [3.05, 3.63) is 27.7 Å². The first kappa shape index (κ1) is 12.2. The Balaban J connectivity index is 3.17. The van der Waals surface area contributed by atoms with Crippen LogP contribution in [-0.4, -0.2) is 12.4 Å². The fraction of sp³-hybridized carbons (Fsp3) is 0.222. The number of ketones is 1. The summed E-state index contributed by atoms with van der Waals surface area (Å²) < 4.78 is 27.9. The summed E-state index contributed by atoms with van der Waals surface area (Å²) in [4.78, 5) is 11.1. The van der Waals surface area contributed by atoms with Crippen molar-refractivity contribution in [2.75, 3.05) is 0 Å². The minimum Gasteiger partial charge on any atom is -0.435 e. The fourth-order valence-corrected chi connectivity index (χ4v) is 1.44. The molecule has 82 valence electrons. The molecule has 15 heavy (non-hydrogen) atoms. The number of ether oxygens (including phenoxy) is 1. The topological polar surface area (TPSA) is 26.3 Å². The van der Waals surface area contributed by atoms with Gasteiger partial charge in [-0.15, -0.1) is 0 Å². The monoisotopic (exact) mass is 254 g/mol. The molecule has 0 bridgehead atoms. The molecule has 0 saturated carbocycles. The molecule has 0 atom stereocenters. The standard InChI is InChI=1S/C9H6Cl2F2O2/c1-4(14)6-2-5(15-9(12)13)3-7(10)8(6)11/h2-3,9H,1H3. The molecular weight excluding hydrogens is 249 g/mol. The number of halogens is 4. The highest BCUT2D eigenvalue weighted by Gasteiger charge is 2.14. The highest BCUT2D eigenvalue weighted by atomic mass is 35.5. The van der Waals surface area contributed by atoms with E-state index in [1.165, 1.54) is 6.92 Å². The maximum Gasteiger partial charge on any atom is 0.387 e. The van der Waals surface area contributed by atoms with Gasteiger partial charge in [0.25, 0.3) is 0 Å². The highest BCUT2D eigenvalue weighted by Crippen LogP contribution is 2.31. The number of hydrogen-bond donors (Lipinski definition) is 0. The number of rotatable bonds is 3. The molecule has 0 saturated heterocycles. The second kappa shape index (κ2) is 4.77. The zero-order valence-corrected chi connectivity index (χ0v) is 9.07. The first-order chi connectivity index (χ1) is 6.91. The molecule has 6 heteroatoms. The van der Waals surface area contributed by atoms with E-state index < -0.39 is 6.61 Å². The molecular formula is C9H6Cl2F2O2. The molecule has 0 unspecified atom stereocenters. The second-order valence-electron chi connectivity index (χ2n) is 2.70.